The van der Waals surface area contributed by atoms with Gasteiger partial charge in [-0.1, -0.05) is 19.3 Å². The maximum Gasteiger partial charge on any atom is 0.228 e. The van der Waals surface area contributed by atoms with Gasteiger partial charge in [-0.3, -0.25) is 4.79 Å². The molecule has 0 bridgehead atoms. The fraction of sp³-hybridized carbons (Fsp3) is 0.467. The third-order valence-electron chi connectivity index (χ3n) is 3.87. The molecule has 1 amide bonds. The third-order valence-corrected chi connectivity index (χ3v) is 5.55. The zero-order valence-electron chi connectivity index (χ0n) is 11.7. The molecule has 1 N–H and O–H groups in total. The Bertz CT molecular complexity index is 616. The lowest BCUT2D eigenvalue weighted by atomic mass is 9.89. The minimum Gasteiger partial charge on any atom is -0.311 e. The Hall–Kier alpha value is -1.14. The molecule has 0 spiro atoms. The number of nitrogens with zero attached hydrogens (tertiary/aromatic N) is 2. The van der Waals surface area contributed by atoms with E-state index in [0.717, 1.165) is 23.1 Å². The van der Waals surface area contributed by atoms with Crippen LogP contribution in [0.4, 0.5) is 5.82 Å². The van der Waals surface area contributed by atoms with Gasteiger partial charge in [-0.25, -0.2) is 4.68 Å². The monoisotopic (exact) mass is 367 g/mol. The Labute approximate surface area is 136 Å². The minimum absolute atomic E-state index is 0.142. The van der Waals surface area contributed by atoms with Crippen LogP contribution in [0.25, 0.3) is 0 Å². The summed E-state index contributed by atoms with van der Waals surface area (Å²) in [5.41, 5.74) is 0. The second-order valence-electron chi connectivity index (χ2n) is 5.43. The molecule has 0 aromatic carbocycles. The second-order valence-corrected chi connectivity index (χ2v) is 7.34. The molecule has 4 nitrogen and oxygen atoms in total. The molecule has 0 aliphatic heterocycles. The van der Waals surface area contributed by atoms with Crippen LogP contribution in [0.15, 0.2) is 28.2 Å². The first-order chi connectivity index (χ1) is 10.2. The van der Waals surface area contributed by atoms with Crippen molar-refractivity contribution in [3.8, 4) is 0 Å². The summed E-state index contributed by atoms with van der Waals surface area (Å²) in [6.07, 6.45) is 7.35. The molecular weight excluding hydrogens is 350 g/mol. The van der Waals surface area contributed by atoms with Gasteiger partial charge in [0.1, 0.15) is 5.82 Å². The summed E-state index contributed by atoms with van der Waals surface area (Å²) in [4.78, 5) is 13.5. The van der Waals surface area contributed by atoms with Crippen LogP contribution in [0.3, 0.4) is 0 Å². The van der Waals surface area contributed by atoms with E-state index in [4.69, 9.17) is 0 Å². The van der Waals surface area contributed by atoms with Crippen molar-refractivity contribution in [3.63, 3.8) is 0 Å². The fourth-order valence-corrected chi connectivity index (χ4v) is 4.17. The number of rotatable bonds is 4. The largest absolute Gasteiger partial charge is 0.311 e. The highest BCUT2D eigenvalue weighted by Crippen LogP contribution is 2.25. The van der Waals surface area contributed by atoms with E-state index in [-0.39, 0.29) is 11.8 Å². The summed E-state index contributed by atoms with van der Waals surface area (Å²) >= 11 is 5.14. The van der Waals surface area contributed by atoms with Crippen molar-refractivity contribution in [1.29, 1.82) is 0 Å². The lowest BCUT2D eigenvalue weighted by Crippen LogP contribution is -2.26. The SMILES string of the molecule is O=C(Nc1ccnn1Cc1cc(Br)cs1)C1CCCCC1. The van der Waals surface area contributed by atoms with Gasteiger partial charge in [-0.2, -0.15) is 5.10 Å². The molecule has 21 heavy (non-hydrogen) atoms. The Morgan fingerprint density at radius 3 is 2.95 bits per heavy atom. The van der Waals surface area contributed by atoms with Gasteiger partial charge < -0.3 is 5.32 Å². The van der Waals surface area contributed by atoms with Gasteiger partial charge in [0.15, 0.2) is 0 Å². The molecule has 0 unspecified atom stereocenters. The second kappa shape index (κ2) is 6.75. The molecular formula is C15H18BrN3OS. The van der Waals surface area contributed by atoms with Gasteiger partial charge in [0.25, 0.3) is 0 Å². The summed E-state index contributed by atoms with van der Waals surface area (Å²) in [6, 6.07) is 3.95. The number of nitrogens with one attached hydrogen (secondary N) is 1. The summed E-state index contributed by atoms with van der Waals surface area (Å²) < 4.78 is 2.93. The fourth-order valence-electron chi connectivity index (χ4n) is 2.74. The molecule has 1 aliphatic rings. The van der Waals surface area contributed by atoms with Gasteiger partial charge in [0.2, 0.25) is 5.91 Å². The topological polar surface area (TPSA) is 46.9 Å². The first-order valence-electron chi connectivity index (χ1n) is 7.28. The molecule has 2 aromatic rings. The Morgan fingerprint density at radius 1 is 1.43 bits per heavy atom. The number of amides is 1. The summed E-state index contributed by atoms with van der Waals surface area (Å²) in [7, 11) is 0. The first kappa shape index (κ1) is 14.8. The van der Waals surface area contributed by atoms with E-state index in [1.54, 1.807) is 17.5 Å². The number of carbonyl (C=O) groups excluding carboxylic acids is 1. The third kappa shape index (κ3) is 3.74. The van der Waals surface area contributed by atoms with Crippen molar-refractivity contribution >= 4 is 39.0 Å². The van der Waals surface area contributed by atoms with Crippen LogP contribution in [-0.2, 0) is 11.3 Å². The highest BCUT2D eigenvalue weighted by atomic mass is 79.9. The summed E-state index contributed by atoms with van der Waals surface area (Å²) in [5.74, 6) is 1.09. The van der Waals surface area contributed by atoms with E-state index in [2.05, 4.69) is 37.8 Å². The average Bonchev–Trinajstić information content (AvgIpc) is 3.10. The smallest absolute Gasteiger partial charge is 0.228 e. The van der Waals surface area contributed by atoms with Crippen LogP contribution in [0.1, 0.15) is 37.0 Å². The predicted octanol–water partition coefficient (Wildman–Crippen LogP) is 4.27. The van der Waals surface area contributed by atoms with E-state index < -0.39 is 0 Å². The van der Waals surface area contributed by atoms with E-state index >= 15 is 0 Å². The molecule has 1 aliphatic carbocycles. The minimum atomic E-state index is 0.142. The Kier molecular flexibility index (Phi) is 4.75. The average molecular weight is 368 g/mol. The quantitative estimate of drug-likeness (QED) is 0.876. The van der Waals surface area contributed by atoms with E-state index in [1.165, 1.54) is 24.1 Å². The number of hydrogen-bond donors (Lipinski definition) is 1. The van der Waals surface area contributed by atoms with E-state index in [9.17, 15) is 4.79 Å². The van der Waals surface area contributed by atoms with Crippen molar-refractivity contribution < 1.29 is 4.79 Å². The molecule has 6 heteroatoms. The highest BCUT2D eigenvalue weighted by Gasteiger charge is 2.22. The van der Waals surface area contributed by atoms with Gasteiger partial charge in [0, 0.05) is 26.7 Å². The van der Waals surface area contributed by atoms with Crippen LogP contribution >= 0.6 is 27.3 Å². The number of hydrogen-bond acceptors (Lipinski definition) is 3. The predicted molar refractivity (Wildman–Crippen MR) is 88.6 cm³/mol. The van der Waals surface area contributed by atoms with Crippen molar-refractivity contribution in [1.82, 2.24) is 9.78 Å². The van der Waals surface area contributed by atoms with Gasteiger partial charge in [-0.05, 0) is 34.8 Å². The number of thiophene rings is 1. The molecule has 0 radical (unpaired) electrons. The van der Waals surface area contributed by atoms with Crippen LogP contribution < -0.4 is 5.32 Å². The van der Waals surface area contributed by atoms with Gasteiger partial charge >= 0.3 is 0 Å². The lowest BCUT2D eigenvalue weighted by Gasteiger charge is -2.20. The molecule has 0 atom stereocenters. The number of aromatic nitrogens is 2. The van der Waals surface area contributed by atoms with Crippen molar-refractivity contribution in [2.75, 3.05) is 5.32 Å². The normalized spacial score (nSPS) is 16.0. The molecule has 2 heterocycles. The first-order valence-corrected chi connectivity index (χ1v) is 8.95. The summed E-state index contributed by atoms with van der Waals surface area (Å²) in [6.45, 7) is 0.684. The number of anilines is 1. The van der Waals surface area contributed by atoms with Crippen molar-refractivity contribution in [3.05, 3.63) is 33.1 Å². The molecule has 3 rings (SSSR count). The lowest BCUT2D eigenvalue weighted by molar-refractivity contribution is -0.120. The van der Waals surface area contributed by atoms with Gasteiger partial charge in [0.05, 0.1) is 12.7 Å². The number of carbonyl (C=O) groups is 1. The highest BCUT2D eigenvalue weighted by molar-refractivity contribution is 9.10. The van der Waals surface area contributed by atoms with Crippen LogP contribution in [-0.4, -0.2) is 15.7 Å². The van der Waals surface area contributed by atoms with E-state index in [0.29, 0.717) is 6.54 Å². The number of halogens is 1. The van der Waals surface area contributed by atoms with Crippen LogP contribution in [0.2, 0.25) is 0 Å². The summed E-state index contributed by atoms with van der Waals surface area (Å²) in [5, 5.41) is 9.41. The van der Waals surface area contributed by atoms with E-state index in [1.807, 2.05) is 10.7 Å². The maximum absolute atomic E-state index is 12.3. The van der Waals surface area contributed by atoms with Crippen molar-refractivity contribution in [2.24, 2.45) is 5.92 Å². The van der Waals surface area contributed by atoms with Crippen LogP contribution in [0.5, 0.6) is 0 Å². The Morgan fingerprint density at radius 2 is 2.24 bits per heavy atom. The van der Waals surface area contributed by atoms with Gasteiger partial charge in [-0.15, -0.1) is 11.3 Å². The maximum atomic E-state index is 12.3. The molecule has 1 fully saturated rings. The molecule has 1 saturated carbocycles. The molecule has 2 aromatic heterocycles. The molecule has 0 saturated heterocycles. The Balaban J connectivity index is 1.66. The zero-order chi connectivity index (χ0) is 14.7. The standard InChI is InChI=1S/C15H18BrN3OS/c16-12-8-13(21-10-12)9-19-14(6-7-17-19)18-15(20)11-4-2-1-3-5-11/h6-8,10-11H,1-5,9H2,(H,18,20). The van der Waals surface area contributed by atoms with Crippen molar-refractivity contribution in [2.45, 2.75) is 38.6 Å². The zero-order valence-corrected chi connectivity index (χ0v) is 14.1. The molecule has 112 valence electrons. The van der Waals surface area contributed by atoms with Crippen LogP contribution in [0, 0.1) is 5.92 Å².